The molecule has 0 saturated carbocycles. The Hall–Kier alpha value is -2.88. The number of nitrogens with zero attached hydrogens (tertiary/aromatic N) is 1. The molecule has 1 amide bonds. The molecule has 1 heterocycles. The molecule has 0 spiro atoms. The maximum absolute atomic E-state index is 12.4. The molecule has 4 heteroatoms. The van der Waals surface area contributed by atoms with Crippen LogP contribution in [0.2, 0.25) is 0 Å². The molecular formula is C19H19N3O. The number of nitrogens with one attached hydrogen (secondary N) is 2. The summed E-state index contributed by atoms with van der Waals surface area (Å²) < 4.78 is 0. The Bertz CT molecular complexity index is 801. The summed E-state index contributed by atoms with van der Waals surface area (Å²) >= 11 is 0. The SMILES string of the molecule is Cc1ccc(CNC(=O)c2cn[nH]c2-c2ccc(C)cc2)cc1. The molecule has 3 aromatic rings. The number of benzene rings is 2. The van der Waals surface area contributed by atoms with Gasteiger partial charge in [0.1, 0.15) is 0 Å². The van der Waals surface area contributed by atoms with Crippen molar-refractivity contribution in [2.24, 2.45) is 0 Å². The monoisotopic (exact) mass is 305 g/mol. The number of aromatic amines is 1. The molecule has 1 aromatic heterocycles. The highest BCUT2D eigenvalue weighted by molar-refractivity contribution is 5.99. The lowest BCUT2D eigenvalue weighted by Crippen LogP contribution is -2.22. The van der Waals surface area contributed by atoms with Gasteiger partial charge in [0.05, 0.1) is 17.5 Å². The molecule has 0 aliphatic rings. The number of carbonyl (C=O) groups is 1. The maximum Gasteiger partial charge on any atom is 0.255 e. The number of H-pyrrole nitrogens is 1. The molecule has 0 aliphatic carbocycles. The zero-order chi connectivity index (χ0) is 16.2. The second kappa shape index (κ2) is 6.48. The Morgan fingerprint density at radius 2 is 1.61 bits per heavy atom. The molecule has 0 bridgehead atoms. The van der Waals surface area contributed by atoms with Crippen LogP contribution in [0.1, 0.15) is 27.0 Å². The van der Waals surface area contributed by atoms with Crippen LogP contribution in [-0.4, -0.2) is 16.1 Å². The maximum atomic E-state index is 12.4. The first-order chi connectivity index (χ1) is 11.1. The van der Waals surface area contributed by atoms with Gasteiger partial charge in [-0.25, -0.2) is 0 Å². The summed E-state index contributed by atoms with van der Waals surface area (Å²) in [7, 11) is 0. The van der Waals surface area contributed by atoms with Crippen LogP contribution < -0.4 is 5.32 Å². The fourth-order valence-electron chi connectivity index (χ4n) is 2.38. The van der Waals surface area contributed by atoms with Gasteiger partial charge in [0.2, 0.25) is 0 Å². The highest BCUT2D eigenvalue weighted by atomic mass is 16.1. The Kier molecular flexibility index (Phi) is 4.24. The minimum Gasteiger partial charge on any atom is -0.348 e. The first-order valence-electron chi connectivity index (χ1n) is 7.57. The molecule has 116 valence electrons. The van der Waals surface area contributed by atoms with E-state index in [-0.39, 0.29) is 5.91 Å². The summed E-state index contributed by atoms with van der Waals surface area (Å²) in [4.78, 5) is 12.4. The number of aromatic nitrogens is 2. The van der Waals surface area contributed by atoms with Gasteiger partial charge in [0.15, 0.2) is 0 Å². The van der Waals surface area contributed by atoms with Crippen LogP contribution >= 0.6 is 0 Å². The van der Waals surface area contributed by atoms with E-state index in [9.17, 15) is 4.79 Å². The van der Waals surface area contributed by atoms with Crippen LogP contribution in [0.4, 0.5) is 0 Å². The van der Waals surface area contributed by atoms with Crippen molar-refractivity contribution in [3.63, 3.8) is 0 Å². The lowest BCUT2D eigenvalue weighted by molar-refractivity contribution is 0.0951. The fraction of sp³-hybridized carbons (Fsp3) is 0.158. The summed E-state index contributed by atoms with van der Waals surface area (Å²) in [6.07, 6.45) is 1.57. The van der Waals surface area contributed by atoms with Crippen molar-refractivity contribution < 1.29 is 4.79 Å². The van der Waals surface area contributed by atoms with Crippen LogP contribution in [-0.2, 0) is 6.54 Å². The van der Waals surface area contributed by atoms with Crippen molar-refractivity contribution in [1.29, 1.82) is 0 Å². The van der Waals surface area contributed by atoms with E-state index in [4.69, 9.17) is 0 Å². The molecule has 23 heavy (non-hydrogen) atoms. The largest absolute Gasteiger partial charge is 0.348 e. The zero-order valence-corrected chi connectivity index (χ0v) is 13.3. The van der Waals surface area contributed by atoms with E-state index in [1.165, 1.54) is 11.1 Å². The predicted octanol–water partition coefficient (Wildman–Crippen LogP) is 3.62. The van der Waals surface area contributed by atoms with Crippen LogP contribution in [0.3, 0.4) is 0 Å². The van der Waals surface area contributed by atoms with E-state index < -0.39 is 0 Å². The van der Waals surface area contributed by atoms with Gasteiger partial charge >= 0.3 is 0 Å². The van der Waals surface area contributed by atoms with Gasteiger partial charge in [0.25, 0.3) is 5.91 Å². The number of hydrogen-bond acceptors (Lipinski definition) is 2. The lowest BCUT2D eigenvalue weighted by atomic mass is 10.1. The van der Waals surface area contributed by atoms with Gasteiger partial charge in [-0.1, -0.05) is 59.7 Å². The molecule has 4 nitrogen and oxygen atoms in total. The minimum absolute atomic E-state index is 0.130. The molecule has 0 unspecified atom stereocenters. The summed E-state index contributed by atoms with van der Waals surface area (Å²) in [5.74, 6) is -0.130. The van der Waals surface area contributed by atoms with Gasteiger partial charge < -0.3 is 5.32 Å². The normalized spacial score (nSPS) is 10.5. The van der Waals surface area contributed by atoms with Crippen molar-refractivity contribution >= 4 is 5.91 Å². The van der Waals surface area contributed by atoms with E-state index in [1.54, 1.807) is 6.20 Å². The van der Waals surface area contributed by atoms with Crippen LogP contribution in [0.25, 0.3) is 11.3 Å². The van der Waals surface area contributed by atoms with Crippen molar-refractivity contribution in [2.45, 2.75) is 20.4 Å². The summed E-state index contributed by atoms with van der Waals surface area (Å²) in [6, 6.07) is 16.1. The van der Waals surface area contributed by atoms with E-state index >= 15 is 0 Å². The molecule has 0 radical (unpaired) electrons. The first-order valence-corrected chi connectivity index (χ1v) is 7.57. The van der Waals surface area contributed by atoms with Crippen molar-refractivity contribution in [3.05, 3.63) is 77.0 Å². The Balaban J connectivity index is 1.74. The molecule has 3 rings (SSSR count). The third-order valence-electron chi connectivity index (χ3n) is 3.80. The Morgan fingerprint density at radius 1 is 1.00 bits per heavy atom. The van der Waals surface area contributed by atoms with E-state index in [0.717, 1.165) is 16.8 Å². The van der Waals surface area contributed by atoms with E-state index in [1.807, 2.05) is 62.4 Å². The predicted molar refractivity (Wildman–Crippen MR) is 91.1 cm³/mol. The number of amides is 1. The van der Waals surface area contributed by atoms with Crippen LogP contribution in [0.5, 0.6) is 0 Å². The average Bonchev–Trinajstić information content (AvgIpc) is 3.04. The van der Waals surface area contributed by atoms with E-state index in [0.29, 0.717) is 12.1 Å². The number of hydrogen-bond donors (Lipinski definition) is 2. The molecule has 0 saturated heterocycles. The molecule has 0 aliphatic heterocycles. The van der Waals surface area contributed by atoms with Gasteiger partial charge in [-0.2, -0.15) is 5.10 Å². The van der Waals surface area contributed by atoms with Crippen molar-refractivity contribution in [1.82, 2.24) is 15.5 Å². The van der Waals surface area contributed by atoms with E-state index in [2.05, 4.69) is 15.5 Å². The second-order valence-corrected chi connectivity index (χ2v) is 5.69. The van der Waals surface area contributed by atoms with Gasteiger partial charge in [-0.15, -0.1) is 0 Å². The van der Waals surface area contributed by atoms with Crippen molar-refractivity contribution in [2.75, 3.05) is 0 Å². The number of aryl methyl sites for hydroxylation is 2. The van der Waals surface area contributed by atoms with Crippen LogP contribution in [0, 0.1) is 13.8 Å². The smallest absolute Gasteiger partial charge is 0.255 e. The topological polar surface area (TPSA) is 57.8 Å². The molecule has 0 atom stereocenters. The Labute approximate surface area is 135 Å². The second-order valence-electron chi connectivity index (χ2n) is 5.69. The zero-order valence-electron chi connectivity index (χ0n) is 13.3. The fourth-order valence-corrected chi connectivity index (χ4v) is 2.38. The minimum atomic E-state index is -0.130. The quantitative estimate of drug-likeness (QED) is 0.773. The van der Waals surface area contributed by atoms with Crippen molar-refractivity contribution in [3.8, 4) is 11.3 Å². The summed E-state index contributed by atoms with van der Waals surface area (Å²) in [6.45, 7) is 4.57. The Morgan fingerprint density at radius 3 is 2.26 bits per heavy atom. The molecular weight excluding hydrogens is 286 g/mol. The van der Waals surface area contributed by atoms with Gasteiger partial charge in [-0.3, -0.25) is 9.89 Å². The molecule has 2 aromatic carbocycles. The summed E-state index contributed by atoms with van der Waals surface area (Å²) in [5, 5.41) is 9.88. The summed E-state index contributed by atoms with van der Waals surface area (Å²) in [5.41, 5.74) is 5.71. The standard InChI is InChI=1S/C19H19N3O/c1-13-3-7-15(8-4-13)11-20-19(23)17-12-21-22-18(17)16-9-5-14(2)6-10-16/h3-10,12H,11H2,1-2H3,(H,20,23)(H,21,22). The lowest BCUT2D eigenvalue weighted by Gasteiger charge is -2.07. The number of rotatable bonds is 4. The third-order valence-corrected chi connectivity index (χ3v) is 3.80. The molecule has 2 N–H and O–H groups in total. The van der Waals surface area contributed by atoms with Gasteiger partial charge in [-0.05, 0) is 19.4 Å². The highest BCUT2D eigenvalue weighted by Gasteiger charge is 2.14. The highest BCUT2D eigenvalue weighted by Crippen LogP contribution is 2.21. The average molecular weight is 305 g/mol. The number of carbonyl (C=O) groups excluding carboxylic acids is 1. The third kappa shape index (κ3) is 3.48. The van der Waals surface area contributed by atoms with Gasteiger partial charge in [0, 0.05) is 12.1 Å². The van der Waals surface area contributed by atoms with Crippen LogP contribution in [0.15, 0.2) is 54.7 Å². The molecule has 0 fully saturated rings. The first kappa shape index (κ1) is 15.0.